The molecule has 0 saturated carbocycles. The van der Waals surface area contributed by atoms with Crippen LogP contribution in [0.1, 0.15) is 70.5 Å². The van der Waals surface area contributed by atoms with Crippen molar-refractivity contribution in [3.63, 3.8) is 0 Å². The number of methoxy groups -OCH3 is 1. The molecule has 30 heavy (non-hydrogen) atoms. The molecule has 2 aromatic heterocycles. The summed E-state index contributed by atoms with van der Waals surface area (Å²) in [5.41, 5.74) is 10.3. The van der Waals surface area contributed by atoms with Crippen LogP contribution in [-0.4, -0.2) is 41.3 Å². The lowest BCUT2D eigenvalue weighted by Gasteiger charge is -2.20. The number of nitrogens with zero attached hydrogens (tertiary/aromatic N) is 3. The topological polar surface area (TPSA) is 95.2 Å². The zero-order valence-electron chi connectivity index (χ0n) is 19.3. The van der Waals surface area contributed by atoms with Crippen LogP contribution < -0.4 is 15.8 Å². The number of hydrogen-bond acceptors (Lipinski definition) is 7. The second-order valence-corrected chi connectivity index (χ2v) is 7.59. The Morgan fingerprint density at radius 3 is 2.33 bits per heavy atom. The van der Waals surface area contributed by atoms with Crippen LogP contribution in [0.25, 0.3) is 11.3 Å². The molecular weight excluding hydrogens is 378 g/mol. The van der Waals surface area contributed by atoms with Crippen LogP contribution in [0.5, 0.6) is 5.88 Å². The Kier molecular flexibility index (Phi) is 9.46. The van der Waals surface area contributed by atoms with Gasteiger partial charge in [0.15, 0.2) is 0 Å². The van der Waals surface area contributed by atoms with E-state index >= 15 is 0 Å². The molecule has 0 spiro atoms. The molecule has 2 rings (SSSR count). The van der Waals surface area contributed by atoms with Crippen molar-refractivity contribution in [1.82, 2.24) is 15.0 Å². The summed E-state index contributed by atoms with van der Waals surface area (Å²) in [5.74, 6) is 1.67. The van der Waals surface area contributed by atoms with E-state index in [-0.39, 0.29) is 12.6 Å². The molecule has 7 nitrogen and oxygen atoms in total. The first kappa shape index (κ1) is 24.0. The van der Waals surface area contributed by atoms with Crippen molar-refractivity contribution in [3.05, 3.63) is 29.2 Å². The van der Waals surface area contributed by atoms with Gasteiger partial charge in [-0.2, -0.15) is 0 Å². The van der Waals surface area contributed by atoms with E-state index in [1.807, 2.05) is 0 Å². The van der Waals surface area contributed by atoms with Crippen LogP contribution in [0.3, 0.4) is 0 Å². The van der Waals surface area contributed by atoms with Gasteiger partial charge in [0.2, 0.25) is 5.88 Å². The Balaban J connectivity index is 2.55. The number of nitrogens with one attached hydrogen (secondary N) is 1. The smallest absolute Gasteiger partial charge is 0.237 e. The van der Waals surface area contributed by atoms with Gasteiger partial charge in [0, 0.05) is 31.5 Å². The second-order valence-electron chi connectivity index (χ2n) is 7.59. The van der Waals surface area contributed by atoms with Gasteiger partial charge in [-0.25, -0.2) is 15.0 Å². The Hall–Kier alpha value is -2.25. The molecule has 2 heterocycles. The van der Waals surface area contributed by atoms with Crippen LogP contribution in [0.15, 0.2) is 12.1 Å². The fraction of sp³-hybridized carbons (Fsp3) is 0.609. The molecule has 0 aliphatic heterocycles. The van der Waals surface area contributed by atoms with E-state index in [4.69, 9.17) is 30.2 Å². The van der Waals surface area contributed by atoms with E-state index in [1.54, 1.807) is 7.11 Å². The molecule has 166 valence electrons. The van der Waals surface area contributed by atoms with Crippen molar-refractivity contribution in [1.29, 1.82) is 0 Å². The number of hydrogen-bond donors (Lipinski definition) is 2. The van der Waals surface area contributed by atoms with E-state index in [0.29, 0.717) is 30.6 Å². The fourth-order valence-electron chi connectivity index (χ4n) is 3.18. The molecule has 0 radical (unpaired) electrons. The lowest BCUT2D eigenvalue weighted by Crippen LogP contribution is -2.19. The summed E-state index contributed by atoms with van der Waals surface area (Å²) in [7, 11) is 1.69. The molecule has 0 fully saturated rings. The molecule has 2 aromatic rings. The van der Waals surface area contributed by atoms with Gasteiger partial charge in [-0.3, -0.25) is 0 Å². The fourth-order valence-corrected chi connectivity index (χ4v) is 3.18. The highest BCUT2D eigenvalue weighted by Gasteiger charge is 2.20. The molecule has 0 aliphatic carbocycles. The first-order valence-corrected chi connectivity index (χ1v) is 11.0. The number of pyridine rings is 1. The largest absolute Gasteiger partial charge is 0.473 e. The highest BCUT2D eigenvalue weighted by atomic mass is 16.5. The van der Waals surface area contributed by atoms with Gasteiger partial charge >= 0.3 is 0 Å². The third-order valence-electron chi connectivity index (χ3n) is 5.08. The first-order valence-electron chi connectivity index (χ1n) is 11.0. The van der Waals surface area contributed by atoms with E-state index in [0.717, 1.165) is 47.7 Å². The number of aromatic nitrogens is 3. The Labute approximate surface area is 180 Å². The summed E-state index contributed by atoms with van der Waals surface area (Å²) in [4.78, 5) is 14.6. The van der Waals surface area contributed by atoms with Gasteiger partial charge < -0.3 is 20.5 Å². The normalized spacial score (nSPS) is 11.4. The predicted octanol–water partition coefficient (Wildman–Crippen LogP) is 4.31. The van der Waals surface area contributed by atoms with Crippen molar-refractivity contribution >= 4 is 5.82 Å². The molecule has 7 heteroatoms. The van der Waals surface area contributed by atoms with Crippen molar-refractivity contribution in [2.45, 2.75) is 72.4 Å². The highest BCUT2D eigenvalue weighted by Crippen LogP contribution is 2.32. The Morgan fingerprint density at radius 1 is 1.03 bits per heavy atom. The van der Waals surface area contributed by atoms with Crippen LogP contribution in [0.2, 0.25) is 0 Å². The number of anilines is 1. The van der Waals surface area contributed by atoms with Gasteiger partial charge in [0.1, 0.15) is 11.5 Å². The third-order valence-corrected chi connectivity index (χ3v) is 5.08. The van der Waals surface area contributed by atoms with Crippen LogP contribution in [0.4, 0.5) is 5.82 Å². The Bertz CT molecular complexity index is 806. The minimum atomic E-state index is 0.110. The average molecular weight is 416 g/mol. The maximum Gasteiger partial charge on any atom is 0.237 e. The number of nitrogens with two attached hydrogens (primary N) is 1. The first-order chi connectivity index (χ1) is 14.5. The summed E-state index contributed by atoms with van der Waals surface area (Å²) in [6.45, 7) is 12.1. The van der Waals surface area contributed by atoms with Crippen LogP contribution in [0, 0.1) is 0 Å². The van der Waals surface area contributed by atoms with Crippen molar-refractivity contribution in [2.24, 2.45) is 5.73 Å². The average Bonchev–Trinajstić information content (AvgIpc) is 2.77. The van der Waals surface area contributed by atoms with Crippen molar-refractivity contribution < 1.29 is 9.47 Å². The summed E-state index contributed by atoms with van der Waals surface area (Å²) in [6.07, 6.45) is 2.67. The molecule has 0 atom stereocenters. The maximum atomic E-state index is 6.13. The zero-order valence-corrected chi connectivity index (χ0v) is 19.3. The molecule has 0 unspecified atom stereocenters. The maximum absolute atomic E-state index is 6.13. The predicted molar refractivity (Wildman–Crippen MR) is 122 cm³/mol. The summed E-state index contributed by atoms with van der Waals surface area (Å²) in [6, 6.07) is 4.13. The minimum absolute atomic E-state index is 0.110. The molecule has 0 amide bonds. The summed E-state index contributed by atoms with van der Waals surface area (Å²) < 4.78 is 11.3. The third kappa shape index (κ3) is 5.89. The van der Waals surface area contributed by atoms with E-state index in [9.17, 15) is 0 Å². The minimum Gasteiger partial charge on any atom is -0.473 e. The molecule has 0 bridgehead atoms. The van der Waals surface area contributed by atoms with Crippen LogP contribution in [-0.2, 0) is 17.7 Å². The van der Waals surface area contributed by atoms with Crippen molar-refractivity contribution in [2.75, 3.05) is 25.6 Å². The second kappa shape index (κ2) is 11.8. The standard InChI is InChI=1S/C23H37N5O2/c1-7-16(8-2)30-23-20(14-24)26-21(18(9-3)28-23)17-10-11-19(15(4)5)27-22(17)25-12-13-29-6/h10-11,15-16H,7-9,12-14,24H2,1-6H3,(H,25,27). The quantitative estimate of drug-likeness (QED) is 0.499. The molecule has 0 aliphatic rings. The van der Waals surface area contributed by atoms with Gasteiger partial charge in [-0.05, 0) is 37.3 Å². The molecule has 0 aromatic carbocycles. The number of ether oxygens (including phenoxy) is 2. The van der Waals surface area contributed by atoms with E-state index in [2.05, 4.69) is 52.1 Å². The monoisotopic (exact) mass is 415 g/mol. The summed E-state index contributed by atoms with van der Waals surface area (Å²) >= 11 is 0. The number of aryl methyl sites for hydroxylation is 1. The van der Waals surface area contributed by atoms with Crippen LogP contribution >= 0.6 is 0 Å². The highest BCUT2D eigenvalue weighted by molar-refractivity contribution is 5.74. The van der Waals surface area contributed by atoms with Gasteiger partial charge in [0.25, 0.3) is 0 Å². The molecular formula is C23H37N5O2. The Morgan fingerprint density at radius 2 is 1.77 bits per heavy atom. The van der Waals surface area contributed by atoms with E-state index in [1.165, 1.54) is 0 Å². The van der Waals surface area contributed by atoms with Crippen molar-refractivity contribution in [3.8, 4) is 17.1 Å². The lowest BCUT2D eigenvalue weighted by atomic mass is 10.0. The summed E-state index contributed by atoms with van der Waals surface area (Å²) in [5, 5.41) is 3.40. The molecule has 0 saturated heterocycles. The zero-order chi connectivity index (χ0) is 22.1. The lowest BCUT2D eigenvalue weighted by molar-refractivity contribution is 0.181. The SMILES string of the molecule is CCc1nc(OC(CC)CC)c(CN)nc1-c1ccc(C(C)C)nc1NCCOC. The van der Waals surface area contributed by atoms with Gasteiger partial charge in [-0.1, -0.05) is 34.6 Å². The van der Waals surface area contributed by atoms with E-state index < -0.39 is 0 Å². The molecule has 3 N–H and O–H groups in total. The van der Waals surface area contributed by atoms with Gasteiger partial charge in [0.05, 0.1) is 24.1 Å². The number of rotatable bonds is 12. The van der Waals surface area contributed by atoms with Gasteiger partial charge in [-0.15, -0.1) is 0 Å².